The molecule has 2 saturated heterocycles. The molecular weight excluding hydrogens is 288 g/mol. The summed E-state index contributed by atoms with van der Waals surface area (Å²) in [6, 6.07) is 8.89. The Kier molecular flexibility index (Phi) is 4.12. The normalized spacial score (nSPS) is 30.7. The minimum Gasteiger partial charge on any atom is -0.373 e. The van der Waals surface area contributed by atoms with E-state index in [2.05, 4.69) is 23.5 Å². The van der Waals surface area contributed by atoms with Gasteiger partial charge in [0.05, 0.1) is 5.60 Å². The van der Waals surface area contributed by atoms with Crippen LogP contribution in [0.3, 0.4) is 0 Å². The fraction of sp³-hybridized carbons (Fsp3) is 0.632. The maximum absolute atomic E-state index is 11.9. The van der Waals surface area contributed by atoms with Crippen LogP contribution in [0.15, 0.2) is 24.3 Å². The number of carbonyl (C=O) groups is 1. The number of rotatable bonds is 4. The number of carbonyl (C=O) groups excluding carboxylic acids is 1. The largest absolute Gasteiger partial charge is 0.373 e. The Hall–Kier alpha value is -1.39. The number of hydrogen-bond acceptors (Lipinski definition) is 3. The summed E-state index contributed by atoms with van der Waals surface area (Å²) in [4.78, 5) is 13.8. The number of hydrogen-bond donors (Lipinski definition) is 1. The molecule has 1 saturated carbocycles. The van der Waals surface area contributed by atoms with Gasteiger partial charge in [0.1, 0.15) is 0 Å². The third-order valence-electron chi connectivity index (χ3n) is 5.71. The molecule has 0 aromatic heterocycles. The first-order valence-corrected chi connectivity index (χ1v) is 9.04. The Morgan fingerprint density at radius 3 is 2.96 bits per heavy atom. The molecule has 2 heterocycles. The van der Waals surface area contributed by atoms with Crippen LogP contribution in [0.5, 0.6) is 0 Å². The topological polar surface area (TPSA) is 41.6 Å². The van der Waals surface area contributed by atoms with Gasteiger partial charge in [-0.3, -0.25) is 4.79 Å². The molecule has 0 radical (unpaired) electrons. The smallest absolute Gasteiger partial charge is 0.227 e. The third kappa shape index (κ3) is 2.90. The van der Waals surface area contributed by atoms with Crippen molar-refractivity contribution in [1.82, 2.24) is 5.32 Å². The van der Waals surface area contributed by atoms with E-state index >= 15 is 0 Å². The molecule has 1 amide bonds. The van der Waals surface area contributed by atoms with Crippen LogP contribution < -0.4 is 10.2 Å². The first-order chi connectivity index (χ1) is 11.3. The molecule has 1 spiro atoms. The van der Waals surface area contributed by atoms with E-state index in [1.54, 1.807) is 0 Å². The van der Waals surface area contributed by atoms with Crippen LogP contribution in [0.25, 0.3) is 0 Å². The molecule has 1 N–H and O–H groups in total. The second-order valence-electron chi connectivity index (χ2n) is 7.16. The molecule has 0 bridgehead atoms. The molecule has 1 aromatic carbocycles. The number of anilines is 1. The van der Waals surface area contributed by atoms with Gasteiger partial charge in [0.15, 0.2) is 0 Å². The first-order valence-electron chi connectivity index (χ1n) is 9.04. The quantitative estimate of drug-likeness (QED) is 0.929. The molecular formula is C19H26N2O2. The Balaban J connectivity index is 1.42. The molecule has 4 heteroatoms. The van der Waals surface area contributed by atoms with Gasteiger partial charge in [-0.2, -0.15) is 0 Å². The maximum atomic E-state index is 11.9. The van der Waals surface area contributed by atoms with E-state index in [9.17, 15) is 4.79 Å². The van der Waals surface area contributed by atoms with Crippen LogP contribution in [0, 0.1) is 0 Å². The highest BCUT2D eigenvalue weighted by Crippen LogP contribution is 2.41. The number of amides is 1. The highest BCUT2D eigenvalue weighted by atomic mass is 16.5. The summed E-state index contributed by atoms with van der Waals surface area (Å²) < 4.78 is 6.11. The fourth-order valence-corrected chi connectivity index (χ4v) is 4.52. The van der Waals surface area contributed by atoms with Crippen molar-refractivity contribution in [2.45, 2.75) is 63.1 Å². The SMILES string of the molecule is O=C1CCCN1c1cccc(CNC2CCCC23CCCO3)c1. The van der Waals surface area contributed by atoms with Crippen molar-refractivity contribution in [3.05, 3.63) is 29.8 Å². The summed E-state index contributed by atoms with van der Waals surface area (Å²) in [5.74, 6) is 0.254. The number of benzene rings is 1. The average molecular weight is 314 g/mol. The van der Waals surface area contributed by atoms with Crippen molar-refractivity contribution in [2.75, 3.05) is 18.1 Å². The third-order valence-corrected chi connectivity index (χ3v) is 5.71. The van der Waals surface area contributed by atoms with Crippen molar-refractivity contribution in [3.8, 4) is 0 Å². The molecule has 124 valence electrons. The van der Waals surface area contributed by atoms with E-state index < -0.39 is 0 Å². The molecule has 3 aliphatic rings. The highest BCUT2D eigenvalue weighted by molar-refractivity contribution is 5.95. The lowest BCUT2D eigenvalue weighted by Gasteiger charge is -2.31. The highest BCUT2D eigenvalue weighted by Gasteiger charge is 2.45. The van der Waals surface area contributed by atoms with Crippen LogP contribution in [0.2, 0.25) is 0 Å². The minimum atomic E-state index is 0.0997. The van der Waals surface area contributed by atoms with E-state index in [1.807, 2.05) is 11.0 Å². The monoisotopic (exact) mass is 314 g/mol. The summed E-state index contributed by atoms with van der Waals surface area (Å²) in [6.07, 6.45) is 7.74. The molecule has 2 atom stereocenters. The molecule has 3 fully saturated rings. The van der Waals surface area contributed by atoms with E-state index in [1.165, 1.54) is 37.7 Å². The molecule has 4 nitrogen and oxygen atoms in total. The molecule has 4 rings (SSSR count). The number of nitrogens with one attached hydrogen (secondary N) is 1. The summed E-state index contributed by atoms with van der Waals surface area (Å²) in [6.45, 7) is 2.63. The van der Waals surface area contributed by atoms with Gasteiger partial charge in [0.25, 0.3) is 0 Å². The fourth-order valence-electron chi connectivity index (χ4n) is 4.52. The molecule has 2 unspecified atom stereocenters. The zero-order chi connectivity index (χ0) is 15.7. The van der Waals surface area contributed by atoms with Crippen molar-refractivity contribution in [1.29, 1.82) is 0 Å². The van der Waals surface area contributed by atoms with Gasteiger partial charge < -0.3 is 15.0 Å². The van der Waals surface area contributed by atoms with Crippen LogP contribution in [0.4, 0.5) is 5.69 Å². The first kappa shape index (κ1) is 15.2. The van der Waals surface area contributed by atoms with E-state index in [0.29, 0.717) is 12.5 Å². The van der Waals surface area contributed by atoms with Crippen LogP contribution in [-0.2, 0) is 16.1 Å². The Bertz CT molecular complexity index is 575. The van der Waals surface area contributed by atoms with Crippen molar-refractivity contribution in [3.63, 3.8) is 0 Å². The van der Waals surface area contributed by atoms with Crippen LogP contribution >= 0.6 is 0 Å². The van der Waals surface area contributed by atoms with E-state index in [-0.39, 0.29) is 11.5 Å². The predicted octanol–water partition coefficient (Wildman–Crippen LogP) is 3.00. The summed E-state index contributed by atoms with van der Waals surface area (Å²) in [5.41, 5.74) is 2.40. The minimum absolute atomic E-state index is 0.0997. The van der Waals surface area contributed by atoms with Gasteiger partial charge in [-0.15, -0.1) is 0 Å². The molecule has 1 aliphatic carbocycles. The summed E-state index contributed by atoms with van der Waals surface area (Å²) in [7, 11) is 0. The zero-order valence-corrected chi connectivity index (χ0v) is 13.7. The van der Waals surface area contributed by atoms with Crippen molar-refractivity contribution >= 4 is 11.6 Å². The van der Waals surface area contributed by atoms with Gasteiger partial charge in [-0.25, -0.2) is 0 Å². The summed E-state index contributed by atoms with van der Waals surface area (Å²) >= 11 is 0. The molecule has 23 heavy (non-hydrogen) atoms. The molecule has 2 aliphatic heterocycles. The van der Waals surface area contributed by atoms with Gasteiger partial charge in [0.2, 0.25) is 5.91 Å². The molecule has 1 aromatic rings. The second kappa shape index (κ2) is 6.25. The lowest BCUT2D eigenvalue weighted by atomic mass is 9.94. The van der Waals surface area contributed by atoms with Crippen molar-refractivity contribution in [2.24, 2.45) is 0 Å². The van der Waals surface area contributed by atoms with Crippen LogP contribution in [0.1, 0.15) is 50.5 Å². The van der Waals surface area contributed by atoms with Gasteiger partial charge >= 0.3 is 0 Å². The Morgan fingerprint density at radius 1 is 1.26 bits per heavy atom. The maximum Gasteiger partial charge on any atom is 0.227 e. The van der Waals surface area contributed by atoms with Gasteiger partial charge in [-0.05, 0) is 56.2 Å². The lowest BCUT2D eigenvalue weighted by molar-refractivity contribution is -0.117. The zero-order valence-electron chi connectivity index (χ0n) is 13.7. The van der Waals surface area contributed by atoms with Gasteiger partial charge in [-0.1, -0.05) is 12.1 Å². The Labute approximate surface area is 138 Å². The lowest BCUT2D eigenvalue weighted by Crippen LogP contribution is -2.46. The van der Waals surface area contributed by atoms with Gasteiger partial charge in [0, 0.05) is 37.8 Å². The van der Waals surface area contributed by atoms with E-state index in [4.69, 9.17) is 4.74 Å². The van der Waals surface area contributed by atoms with Crippen molar-refractivity contribution < 1.29 is 9.53 Å². The van der Waals surface area contributed by atoms with Crippen LogP contribution in [-0.4, -0.2) is 30.7 Å². The number of ether oxygens (including phenoxy) is 1. The standard InChI is InChI=1S/C19H26N2O2/c22-18-8-3-11-21(18)16-6-1-5-15(13-16)14-20-17-7-2-9-19(17)10-4-12-23-19/h1,5-6,13,17,20H,2-4,7-12,14H2. The second-order valence-corrected chi connectivity index (χ2v) is 7.16. The van der Waals surface area contributed by atoms with E-state index in [0.717, 1.165) is 31.8 Å². The average Bonchev–Trinajstić information content (AvgIpc) is 3.29. The Morgan fingerprint density at radius 2 is 2.17 bits per heavy atom. The summed E-state index contributed by atoms with van der Waals surface area (Å²) in [5, 5.41) is 3.73. The predicted molar refractivity (Wildman–Crippen MR) is 90.4 cm³/mol. The number of nitrogens with zero attached hydrogens (tertiary/aromatic N) is 1.